The van der Waals surface area contributed by atoms with Crippen LogP contribution >= 0.6 is 11.3 Å². The fourth-order valence-electron chi connectivity index (χ4n) is 3.38. The predicted molar refractivity (Wildman–Crippen MR) is 98.7 cm³/mol. The first-order chi connectivity index (χ1) is 11.5. The van der Waals surface area contributed by atoms with Crippen LogP contribution in [0.15, 0.2) is 30.3 Å². The molecule has 2 aromatic rings. The number of ether oxygens (including phenoxy) is 1. The zero-order chi connectivity index (χ0) is 17.3. The molecular weight excluding hydrogens is 320 g/mol. The van der Waals surface area contributed by atoms with Gasteiger partial charge in [-0.15, -0.1) is 11.3 Å². The molecule has 4 nitrogen and oxygen atoms in total. The summed E-state index contributed by atoms with van der Waals surface area (Å²) in [5.74, 6) is 1.39. The van der Waals surface area contributed by atoms with Gasteiger partial charge in [0.2, 0.25) is 0 Å². The molecule has 1 saturated heterocycles. The number of likely N-dealkylation sites (tertiary alicyclic amines) is 1. The number of hydrogen-bond acceptors (Lipinski definition) is 4. The molecule has 1 aromatic carbocycles. The number of amides is 1. The highest BCUT2D eigenvalue weighted by atomic mass is 32.1. The summed E-state index contributed by atoms with van der Waals surface area (Å²) in [6.07, 6.45) is 0.998. The second-order valence-electron chi connectivity index (χ2n) is 6.45. The van der Waals surface area contributed by atoms with E-state index in [4.69, 9.17) is 10.5 Å². The maximum Gasteiger partial charge on any atom is 0.264 e. The molecule has 5 heteroatoms. The highest BCUT2D eigenvalue weighted by Gasteiger charge is 2.33. The van der Waals surface area contributed by atoms with Gasteiger partial charge in [-0.25, -0.2) is 0 Å². The molecule has 1 aromatic heterocycles. The van der Waals surface area contributed by atoms with Crippen molar-refractivity contribution in [1.29, 1.82) is 0 Å². The van der Waals surface area contributed by atoms with Crippen molar-refractivity contribution in [2.75, 3.05) is 20.2 Å². The average molecular weight is 344 g/mol. The Kier molecular flexibility index (Phi) is 4.92. The van der Waals surface area contributed by atoms with Gasteiger partial charge in [0, 0.05) is 17.5 Å². The van der Waals surface area contributed by atoms with Gasteiger partial charge in [0.25, 0.3) is 5.91 Å². The zero-order valence-electron chi connectivity index (χ0n) is 14.4. The normalized spacial score (nSPS) is 20.4. The van der Waals surface area contributed by atoms with Crippen molar-refractivity contribution in [2.24, 2.45) is 11.7 Å². The van der Waals surface area contributed by atoms with Gasteiger partial charge in [0.15, 0.2) is 0 Å². The molecule has 2 atom stereocenters. The predicted octanol–water partition coefficient (Wildman–Crippen LogP) is 3.54. The van der Waals surface area contributed by atoms with Crippen molar-refractivity contribution in [3.8, 4) is 16.9 Å². The van der Waals surface area contributed by atoms with Crippen LogP contribution < -0.4 is 10.5 Å². The van der Waals surface area contributed by atoms with Gasteiger partial charge < -0.3 is 15.4 Å². The van der Waals surface area contributed by atoms with Crippen molar-refractivity contribution in [3.05, 3.63) is 40.1 Å². The molecular formula is C19H24N2O2S. The Morgan fingerprint density at radius 2 is 2.08 bits per heavy atom. The average Bonchev–Trinajstić information content (AvgIpc) is 3.17. The highest BCUT2D eigenvalue weighted by Crippen LogP contribution is 2.34. The van der Waals surface area contributed by atoms with Gasteiger partial charge in [-0.1, -0.05) is 12.1 Å². The Labute approximate surface area is 147 Å². The van der Waals surface area contributed by atoms with Crippen LogP contribution in [-0.4, -0.2) is 37.0 Å². The summed E-state index contributed by atoms with van der Waals surface area (Å²) in [6.45, 7) is 5.59. The van der Waals surface area contributed by atoms with Crippen LogP contribution in [-0.2, 0) is 0 Å². The maximum absolute atomic E-state index is 12.9. The molecule has 128 valence electrons. The van der Waals surface area contributed by atoms with E-state index in [1.165, 1.54) is 0 Å². The standard InChI is InChI=1S/C19H24N2O2S/c1-12-8-14(10-20)11-21(12)19(22)18-9-17(13(2)24-18)15-4-6-16(23-3)7-5-15/h4-7,9,12,14H,8,10-11,20H2,1-3H3. The van der Waals surface area contributed by atoms with Crippen LogP contribution in [0.1, 0.15) is 27.9 Å². The number of hydrogen-bond donors (Lipinski definition) is 1. The van der Waals surface area contributed by atoms with E-state index in [-0.39, 0.29) is 11.9 Å². The molecule has 0 bridgehead atoms. The Morgan fingerprint density at radius 3 is 2.67 bits per heavy atom. The summed E-state index contributed by atoms with van der Waals surface area (Å²) >= 11 is 1.57. The van der Waals surface area contributed by atoms with E-state index in [2.05, 4.69) is 13.8 Å². The van der Waals surface area contributed by atoms with E-state index in [1.54, 1.807) is 18.4 Å². The van der Waals surface area contributed by atoms with Gasteiger partial charge in [0.05, 0.1) is 12.0 Å². The van der Waals surface area contributed by atoms with Crippen molar-refractivity contribution >= 4 is 17.2 Å². The lowest BCUT2D eigenvalue weighted by Gasteiger charge is -2.20. The first-order valence-corrected chi connectivity index (χ1v) is 9.11. The quantitative estimate of drug-likeness (QED) is 0.923. The molecule has 2 N–H and O–H groups in total. The minimum absolute atomic E-state index is 0.131. The van der Waals surface area contributed by atoms with Gasteiger partial charge in [-0.05, 0) is 62.1 Å². The van der Waals surface area contributed by atoms with Crippen LogP contribution in [0.5, 0.6) is 5.75 Å². The summed E-state index contributed by atoms with van der Waals surface area (Å²) in [6, 6.07) is 10.2. The lowest BCUT2D eigenvalue weighted by Crippen LogP contribution is -2.33. The lowest BCUT2D eigenvalue weighted by atomic mass is 10.1. The molecule has 3 rings (SSSR count). The molecule has 0 saturated carbocycles. The number of nitrogens with two attached hydrogens (primary N) is 1. The van der Waals surface area contributed by atoms with Gasteiger partial charge in [-0.3, -0.25) is 4.79 Å². The summed E-state index contributed by atoms with van der Waals surface area (Å²) in [4.78, 5) is 16.8. The number of rotatable bonds is 4. The number of aryl methyl sites for hydroxylation is 1. The van der Waals surface area contributed by atoms with E-state index >= 15 is 0 Å². The van der Waals surface area contributed by atoms with Crippen LogP contribution in [0.4, 0.5) is 0 Å². The number of methoxy groups -OCH3 is 1. The Hall–Kier alpha value is -1.85. The molecule has 2 unspecified atom stereocenters. The molecule has 2 heterocycles. The second kappa shape index (κ2) is 6.95. The van der Waals surface area contributed by atoms with E-state index in [0.717, 1.165) is 39.6 Å². The summed E-state index contributed by atoms with van der Waals surface area (Å²) in [5.41, 5.74) is 8.01. The van der Waals surface area contributed by atoms with Crippen LogP contribution in [0.3, 0.4) is 0 Å². The third kappa shape index (κ3) is 3.19. The van der Waals surface area contributed by atoms with Crippen molar-refractivity contribution < 1.29 is 9.53 Å². The van der Waals surface area contributed by atoms with E-state index in [9.17, 15) is 4.79 Å². The fraction of sp³-hybridized carbons (Fsp3) is 0.421. The topological polar surface area (TPSA) is 55.6 Å². The molecule has 24 heavy (non-hydrogen) atoms. The Morgan fingerprint density at radius 1 is 1.38 bits per heavy atom. The van der Waals surface area contributed by atoms with Crippen molar-refractivity contribution in [2.45, 2.75) is 26.3 Å². The monoisotopic (exact) mass is 344 g/mol. The van der Waals surface area contributed by atoms with Crippen LogP contribution in [0.25, 0.3) is 11.1 Å². The minimum atomic E-state index is 0.131. The molecule has 0 radical (unpaired) electrons. The largest absolute Gasteiger partial charge is 0.497 e. The number of benzene rings is 1. The van der Waals surface area contributed by atoms with Gasteiger partial charge in [0.1, 0.15) is 5.75 Å². The van der Waals surface area contributed by atoms with E-state index < -0.39 is 0 Å². The minimum Gasteiger partial charge on any atom is -0.497 e. The van der Waals surface area contributed by atoms with Crippen molar-refractivity contribution in [1.82, 2.24) is 4.90 Å². The summed E-state index contributed by atoms with van der Waals surface area (Å²) < 4.78 is 5.21. The number of nitrogens with zero attached hydrogens (tertiary/aromatic N) is 1. The Bertz CT molecular complexity index is 723. The Balaban J connectivity index is 1.84. The first kappa shape index (κ1) is 17.0. The SMILES string of the molecule is COc1ccc(-c2cc(C(=O)N3CC(CN)CC3C)sc2C)cc1. The smallest absolute Gasteiger partial charge is 0.264 e. The molecule has 0 aliphatic carbocycles. The van der Waals surface area contributed by atoms with E-state index in [0.29, 0.717) is 12.5 Å². The fourth-order valence-corrected chi connectivity index (χ4v) is 4.38. The van der Waals surface area contributed by atoms with Gasteiger partial charge in [-0.2, -0.15) is 0 Å². The second-order valence-corrected chi connectivity index (χ2v) is 7.71. The van der Waals surface area contributed by atoms with Crippen LogP contribution in [0.2, 0.25) is 0 Å². The third-order valence-electron chi connectivity index (χ3n) is 4.79. The maximum atomic E-state index is 12.9. The van der Waals surface area contributed by atoms with Gasteiger partial charge >= 0.3 is 0 Å². The third-order valence-corrected chi connectivity index (χ3v) is 5.82. The first-order valence-electron chi connectivity index (χ1n) is 8.29. The number of thiophene rings is 1. The van der Waals surface area contributed by atoms with Crippen LogP contribution in [0, 0.1) is 12.8 Å². The molecule has 0 spiro atoms. The van der Waals surface area contributed by atoms with E-state index in [1.807, 2.05) is 35.2 Å². The van der Waals surface area contributed by atoms with Crippen molar-refractivity contribution in [3.63, 3.8) is 0 Å². The highest BCUT2D eigenvalue weighted by molar-refractivity contribution is 7.14. The zero-order valence-corrected chi connectivity index (χ0v) is 15.2. The number of carbonyl (C=O) groups excluding carboxylic acids is 1. The molecule has 1 aliphatic heterocycles. The number of carbonyl (C=O) groups is 1. The lowest BCUT2D eigenvalue weighted by molar-refractivity contribution is 0.0748. The molecule has 1 aliphatic rings. The summed E-state index contributed by atoms with van der Waals surface area (Å²) in [7, 11) is 1.66. The molecule has 1 fully saturated rings. The summed E-state index contributed by atoms with van der Waals surface area (Å²) in [5, 5.41) is 0. The molecule has 1 amide bonds.